The van der Waals surface area contributed by atoms with Crippen LogP contribution in [0.15, 0.2) is 23.1 Å². The van der Waals surface area contributed by atoms with E-state index in [-0.39, 0.29) is 0 Å². The van der Waals surface area contributed by atoms with Crippen LogP contribution in [0, 0.1) is 5.82 Å². The number of carboxylic acid groups (broad SMARTS) is 1. The molecular weight excluding hydrogens is 255 g/mol. The fourth-order valence-electron chi connectivity index (χ4n) is 1.59. The molecule has 0 heterocycles. The molecule has 0 bridgehead atoms. The van der Waals surface area contributed by atoms with Crippen molar-refractivity contribution in [1.82, 2.24) is 0 Å². The zero-order valence-electron chi connectivity index (χ0n) is 10.3. The van der Waals surface area contributed by atoms with Crippen molar-refractivity contribution in [2.24, 2.45) is 0 Å². The van der Waals surface area contributed by atoms with Crippen molar-refractivity contribution >= 4 is 16.8 Å². The second kappa shape index (κ2) is 7.26. The first-order chi connectivity index (χ1) is 8.56. The minimum atomic E-state index is -1.34. The van der Waals surface area contributed by atoms with E-state index in [0.717, 1.165) is 37.8 Å². The van der Waals surface area contributed by atoms with Crippen LogP contribution < -0.4 is 0 Å². The van der Waals surface area contributed by atoms with E-state index in [1.54, 1.807) is 0 Å². The van der Waals surface area contributed by atoms with Crippen LogP contribution in [0.25, 0.3) is 0 Å². The lowest BCUT2D eigenvalue weighted by Gasteiger charge is -2.04. The Hall–Kier alpha value is -1.23. The summed E-state index contributed by atoms with van der Waals surface area (Å²) in [5, 5.41) is 8.78. The number of carbonyl (C=O) groups is 1. The highest BCUT2D eigenvalue weighted by Gasteiger charge is 2.13. The monoisotopic (exact) mass is 272 g/mol. The Kier molecular flexibility index (Phi) is 5.98. The zero-order valence-corrected chi connectivity index (χ0v) is 11.1. The van der Waals surface area contributed by atoms with Gasteiger partial charge in [0.2, 0.25) is 0 Å². The Morgan fingerprint density at radius 1 is 1.33 bits per heavy atom. The van der Waals surface area contributed by atoms with E-state index < -0.39 is 28.1 Å². The average molecular weight is 272 g/mol. The molecule has 1 aromatic rings. The van der Waals surface area contributed by atoms with Crippen LogP contribution in [0.5, 0.6) is 0 Å². The van der Waals surface area contributed by atoms with Gasteiger partial charge in [0.1, 0.15) is 5.82 Å². The highest BCUT2D eigenvalue weighted by atomic mass is 32.2. The molecule has 5 heteroatoms. The molecule has 0 saturated heterocycles. The second-order valence-corrected chi connectivity index (χ2v) is 5.63. The SMILES string of the molecule is CCCCCCS(=O)c1ccc(F)c(C(=O)O)c1. The van der Waals surface area contributed by atoms with Crippen molar-refractivity contribution in [3.8, 4) is 0 Å². The maximum atomic E-state index is 13.2. The summed E-state index contributed by atoms with van der Waals surface area (Å²) in [5.74, 6) is -1.64. The normalized spacial score (nSPS) is 12.3. The first kappa shape index (κ1) is 14.8. The van der Waals surface area contributed by atoms with Crippen molar-refractivity contribution < 1.29 is 18.5 Å². The van der Waals surface area contributed by atoms with E-state index in [0.29, 0.717) is 10.6 Å². The zero-order chi connectivity index (χ0) is 13.5. The molecule has 0 spiro atoms. The lowest BCUT2D eigenvalue weighted by Crippen LogP contribution is -2.04. The third kappa shape index (κ3) is 4.22. The van der Waals surface area contributed by atoms with Gasteiger partial charge in [0.15, 0.2) is 0 Å². The first-order valence-electron chi connectivity index (χ1n) is 5.97. The molecule has 0 saturated carbocycles. The topological polar surface area (TPSA) is 54.4 Å². The number of halogens is 1. The molecule has 1 rings (SSSR count). The van der Waals surface area contributed by atoms with E-state index in [2.05, 4.69) is 6.92 Å². The summed E-state index contributed by atoms with van der Waals surface area (Å²) < 4.78 is 25.0. The first-order valence-corrected chi connectivity index (χ1v) is 7.29. The van der Waals surface area contributed by atoms with Crippen LogP contribution in [-0.4, -0.2) is 21.0 Å². The second-order valence-electron chi connectivity index (χ2n) is 4.06. The van der Waals surface area contributed by atoms with Crippen LogP contribution in [0.1, 0.15) is 43.0 Å². The quantitative estimate of drug-likeness (QED) is 0.775. The number of carboxylic acids is 1. The van der Waals surface area contributed by atoms with Gasteiger partial charge in [-0.15, -0.1) is 0 Å². The molecule has 100 valence electrons. The summed E-state index contributed by atoms with van der Waals surface area (Å²) in [6, 6.07) is 3.61. The van der Waals surface area contributed by atoms with E-state index >= 15 is 0 Å². The van der Waals surface area contributed by atoms with Gasteiger partial charge in [0, 0.05) is 10.6 Å². The predicted molar refractivity (Wildman–Crippen MR) is 68.8 cm³/mol. The Morgan fingerprint density at radius 3 is 2.67 bits per heavy atom. The molecule has 1 unspecified atom stereocenters. The molecule has 0 amide bonds. The summed E-state index contributed by atoms with van der Waals surface area (Å²) in [4.78, 5) is 11.1. The minimum absolute atomic E-state index is 0.380. The largest absolute Gasteiger partial charge is 0.478 e. The molecular formula is C13H17FO3S. The molecule has 0 aromatic heterocycles. The van der Waals surface area contributed by atoms with Gasteiger partial charge in [-0.05, 0) is 24.6 Å². The molecule has 18 heavy (non-hydrogen) atoms. The fraction of sp³-hybridized carbons (Fsp3) is 0.462. The highest BCUT2D eigenvalue weighted by molar-refractivity contribution is 7.85. The fourth-order valence-corrected chi connectivity index (χ4v) is 2.76. The van der Waals surface area contributed by atoms with Gasteiger partial charge in [-0.3, -0.25) is 4.21 Å². The molecule has 0 radical (unpaired) electrons. The van der Waals surface area contributed by atoms with Crippen molar-refractivity contribution in [3.05, 3.63) is 29.6 Å². The number of benzene rings is 1. The summed E-state index contributed by atoms with van der Waals surface area (Å²) >= 11 is 0. The summed E-state index contributed by atoms with van der Waals surface area (Å²) in [6.45, 7) is 2.09. The van der Waals surface area contributed by atoms with Crippen LogP contribution in [0.4, 0.5) is 4.39 Å². The van der Waals surface area contributed by atoms with Crippen molar-refractivity contribution in [3.63, 3.8) is 0 Å². The Morgan fingerprint density at radius 2 is 2.06 bits per heavy atom. The van der Waals surface area contributed by atoms with Crippen molar-refractivity contribution in [1.29, 1.82) is 0 Å². The number of rotatable bonds is 7. The number of aromatic carboxylic acids is 1. The molecule has 0 aliphatic heterocycles. The molecule has 3 nitrogen and oxygen atoms in total. The molecule has 1 atom stereocenters. The summed E-state index contributed by atoms with van der Waals surface area (Å²) in [6.07, 6.45) is 4.04. The standard InChI is InChI=1S/C13H17FO3S/c1-2-3-4-5-8-18(17)10-6-7-12(14)11(9-10)13(15)16/h6-7,9H,2-5,8H2,1H3,(H,15,16). The smallest absolute Gasteiger partial charge is 0.338 e. The third-order valence-electron chi connectivity index (χ3n) is 2.61. The van der Waals surface area contributed by atoms with Crippen molar-refractivity contribution in [2.75, 3.05) is 5.75 Å². The number of hydrogen-bond acceptors (Lipinski definition) is 2. The van der Waals surface area contributed by atoms with Crippen LogP contribution in [0.3, 0.4) is 0 Å². The number of unbranched alkanes of at least 4 members (excludes halogenated alkanes) is 3. The van der Waals surface area contributed by atoms with E-state index in [9.17, 15) is 13.4 Å². The summed E-state index contributed by atoms with van der Waals surface area (Å²) in [5.41, 5.74) is -0.422. The predicted octanol–water partition coefficient (Wildman–Crippen LogP) is 3.21. The molecule has 0 aliphatic rings. The molecule has 0 fully saturated rings. The third-order valence-corrected chi connectivity index (χ3v) is 4.05. The highest BCUT2D eigenvalue weighted by Crippen LogP contribution is 2.15. The van der Waals surface area contributed by atoms with Gasteiger partial charge < -0.3 is 5.11 Å². The Balaban J connectivity index is 2.68. The van der Waals surface area contributed by atoms with E-state index in [4.69, 9.17) is 5.11 Å². The van der Waals surface area contributed by atoms with E-state index in [1.165, 1.54) is 6.07 Å². The minimum Gasteiger partial charge on any atom is -0.478 e. The van der Waals surface area contributed by atoms with E-state index in [1.807, 2.05) is 0 Å². The van der Waals surface area contributed by atoms with Crippen LogP contribution in [-0.2, 0) is 10.8 Å². The molecule has 0 aliphatic carbocycles. The molecule has 1 N–H and O–H groups in total. The van der Waals surface area contributed by atoms with Gasteiger partial charge in [-0.2, -0.15) is 0 Å². The summed E-state index contributed by atoms with van der Waals surface area (Å²) in [7, 11) is -1.25. The molecule has 1 aromatic carbocycles. The lowest BCUT2D eigenvalue weighted by molar-refractivity contribution is 0.0691. The van der Waals surface area contributed by atoms with Gasteiger partial charge in [0.05, 0.1) is 16.4 Å². The maximum absolute atomic E-state index is 13.2. The lowest BCUT2D eigenvalue weighted by atomic mass is 10.2. The van der Waals surface area contributed by atoms with Crippen LogP contribution >= 0.6 is 0 Å². The maximum Gasteiger partial charge on any atom is 0.338 e. The Labute approximate surface area is 108 Å². The average Bonchev–Trinajstić information content (AvgIpc) is 2.34. The van der Waals surface area contributed by atoms with Gasteiger partial charge >= 0.3 is 5.97 Å². The van der Waals surface area contributed by atoms with Gasteiger partial charge in [-0.1, -0.05) is 26.2 Å². The van der Waals surface area contributed by atoms with Crippen LogP contribution in [0.2, 0.25) is 0 Å². The van der Waals surface area contributed by atoms with Gasteiger partial charge in [0.25, 0.3) is 0 Å². The number of hydrogen-bond donors (Lipinski definition) is 1. The Bertz CT molecular complexity index is 446. The van der Waals surface area contributed by atoms with Crippen molar-refractivity contribution in [2.45, 2.75) is 37.5 Å². The van der Waals surface area contributed by atoms with Gasteiger partial charge in [-0.25, -0.2) is 9.18 Å².